The average molecular weight is 467 g/mol. The molecule has 1 aromatic heterocycles. The number of rotatable bonds is 6. The van der Waals surface area contributed by atoms with E-state index in [-0.39, 0.29) is 15.8 Å². The fourth-order valence-corrected chi connectivity index (χ4v) is 4.65. The molecular weight excluding hydrogens is 448 g/mol. The van der Waals surface area contributed by atoms with Crippen molar-refractivity contribution in [1.29, 1.82) is 0 Å². The largest absolute Gasteiger partial charge is 0.316 e. The highest BCUT2D eigenvalue weighted by molar-refractivity contribution is 7.86. The summed E-state index contributed by atoms with van der Waals surface area (Å²) in [6.45, 7) is 1.79. The van der Waals surface area contributed by atoms with Crippen molar-refractivity contribution in [2.24, 2.45) is 0 Å². The molecule has 0 aliphatic carbocycles. The molecule has 4 aromatic rings. The number of Topliss-reactive ketones (excluding diaryl/α,β-unsaturated/α-hetero) is 1. The molecule has 0 atom stereocenters. The summed E-state index contributed by atoms with van der Waals surface area (Å²) >= 11 is 6.29. The summed E-state index contributed by atoms with van der Waals surface area (Å²) in [7, 11) is -4.35. The molecule has 4 rings (SSSR count). The molecule has 6 nitrogen and oxygen atoms in total. The molecule has 1 heterocycles. The molecule has 32 heavy (non-hydrogen) atoms. The van der Waals surface area contributed by atoms with Gasteiger partial charge >= 0.3 is 0 Å². The second-order valence-electron chi connectivity index (χ2n) is 7.25. The lowest BCUT2D eigenvalue weighted by molar-refractivity contribution is 0.100. The summed E-state index contributed by atoms with van der Waals surface area (Å²) in [6, 6.07) is 22.9. The van der Waals surface area contributed by atoms with Gasteiger partial charge in [-0.15, -0.1) is 0 Å². The van der Waals surface area contributed by atoms with E-state index in [9.17, 15) is 17.8 Å². The fraction of sp³-hybridized carbons (Fsp3) is 0.0833. The maximum Gasteiger partial charge on any atom is 0.295 e. The molecule has 162 valence electrons. The van der Waals surface area contributed by atoms with E-state index in [4.69, 9.17) is 11.6 Å². The van der Waals surface area contributed by atoms with Crippen LogP contribution < -0.4 is 0 Å². The minimum atomic E-state index is -4.35. The molecule has 0 unspecified atom stereocenters. The number of aromatic nitrogens is 2. The minimum Gasteiger partial charge on any atom is -0.316 e. The van der Waals surface area contributed by atoms with Gasteiger partial charge in [-0.25, -0.2) is 4.98 Å². The zero-order valence-electron chi connectivity index (χ0n) is 17.1. The van der Waals surface area contributed by atoms with Crippen molar-refractivity contribution < 1.29 is 17.8 Å². The molecule has 8 heteroatoms. The normalized spacial score (nSPS) is 11.5. The molecule has 0 aliphatic rings. The Morgan fingerprint density at radius 1 is 0.938 bits per heavy atom. The van der Waals surface area contributed by atoms with E-state index in [1.54, 1.807) is 34.9 Å². The smallest absolute Gasteiger partial charge is 0.295 e. The van der Waals surface area contributed by atoms with Crippen LogP contribution in [0.3, 0.4) is 0 Å². The molecule has 0 amide bonds. The fourth-order valence-electron chi connectivity index (χ4n) is 3.62. The Morgan fingerprint density at radius 2 is 1.56 bits per heavy atom. The van der Waals surface area contributed by atoms with Crippen molar-refractivity contribution in [3.63, 3.8) is 0 Å². The zero-order chi connectivity index (χ0) is 22.9. The number of carbonyl (C=O) groups excluding carboxylic acids is 1. The number of carbonyl (C=O) groups is 1. The monoisotopic (exact) mass is 466 g/mol. The van der Waals surface area contributed by atoms with E-state index in [0.717, 1.165) is 11.1 Å². The van der Waals surface area contributed by atoms with Gasteiger partial charge < -0.3 is 4.57 Å². The van der Waals surface area contributed by atoms with Crippen molar-refractivity contribution in [2.75, 3.05) is 0 Å². The van der Waals surface area contributed by atoms with E-state index < -0.39 is 10.1 Å². The predicted molar refractivity (Wildman–Crippen MR) is 123 cm³/mol. The first kappa shape index (κ1) is 22.0. The molecule has 0 fully saturated rings. The van der Waals surface area contributed by atoms with Crippen LogP contribution in [0.25, 0.3) is 22.5 Å². The summed E-state index contributed by atoms with van der Waals surface area (Å²) in [5.41, 5.74) is 3.07. The Labute approximate surface area is 190 Å². The number of imidazole rings is 1. The molecule has 0 radical (unpaired) electrons. The Morgan fingerprint density at radius 3 is 2.19 bits per heavy atom. The topological polar surface area (TPSA) is 89.3 Å². The molecule has 1 N–H and O–H groups in total. The van der Waals surface area contributed by atoms with Crippen LogP contribution in [0.15, 0.2) is 83.8 Å². The van der Waals surface area contributed by atoms with Gasteiger partial charge in [0, 0.05) is 24.6 Å². The van der Waals surface area contributed by atoms with Crippen LogP contribution >= 0.6 is 11.6 Å². The van der Waals surface area contributed by atoms with Gasteiger partial charge in [0.15, 0.2) is 10.9 Å². The SMILES string of the molecule is CC(=O)c1c(Cl)nc(-c2ccccc2)n1Cc1ccc(-c2ccccc2S(=O)(=O)O)cc1. The van der Waals surface area contributed by atoms with E-state index >= 15 is 0 Å². The summed E-state index contributed by atoms with van der Waals surface area (Å²) in [6.07, 6.45) is 0. The third-order valence-corrected chi connectivity index (χ3v) is 6.24. The molecule has 0 saturated heterocycles. The zero-order valence-corrected chi connectivity index (χ0v) is 18.6. The van der Waals surface area contributed by atoms with Gasteiger partial charge in [0.05, 0.1) is 0 Å². The Hall–Kier alpha value is -3.26. The van der Waals surface area contributed by atoms with Gasteiger partial charge in [0.1, 0.15) is 16.4 Å². The lowest BCUT2D eigenvalue weighted by Gasteiger charge is -2.12. The average Bonchev–Trinajstić information content (AvgIpc) is 3.10. The molecule has 0 aliphatic heterocycles. The maximum absolute atomic E-state index is 12.3. The van der Waals surface area contributed by atoms with E-state index in [2.05, 4.69) is 4.98 Å². The van der Waals surface area contributed by atoms with Gasteiger partial charge in [-0.05, 0) is 17.2 Å². The molecule has 3 aromatic carbocycles. The van der Waals surface area contributed by atoms with Gasteiger partial charge in [-0.1, -0.05) is 84.4 Å². The van der Waals surface area contributed by atoms with Crippen LogP contribution in [0.4, 0.5) is 0 Å². The van der Waals surface area contributed by atoms with Crippen LogP contribution in [0.5, 0.6) is 0 Å². The molecular formula is C24H19ClN2O4S. The lowest BCUT2D eigenvalue weighted by Crippen LogP contribution is -2.10. The van der Waals surface area contributed by atoms with Gasteiger partial charge in [-0.2, -0.15) is 8.42 Å². The minimum absolute atomic E-state index is 0.148. The van der Waals surface area contributed by atoms with Crippen molar-refractivity contribution in [2.45, 2.75) is 18.4 Å². The number of ketones is 1. The standard InChI is InChI=1S/C24H19ClN2O4S/c1-16(28)22-23(25)26-24(19-7-3-2-4-8-19)27(22)15-17-11-13-18(14-12-17)20-9-5-6-10-21(20)32(29,30)31/h2-14H,15H2,1H3,(H,29,30,31). The first-order valence-corrected chi connectivity index (χ1v) is 11.6. The summed E-state index contributed by atoms with van der Waals surface area (Å²) in [4.78, 5) is 16.5. The van der Waals surface area contributed by atoms with Crippen LogP contribution in [-0.2, 0) is 16.7 Å². The second-order valence-corrected chi connectivity index (χ2v) is 9.00. The molecule has 0 spiro atoms. The highest BCUT2D eigenvalue weighted by atomic mass is 35.5. The van der Waals surface area contributed by atoms with Crippen molar-refractivity contribution in [3.8, 4) is 22.5 Å². The van der Waals surface area contributed by atoms with Crippen molar-refractivity contribution >= 4 is 27.5 Å². The molecule has 0 bridgehead atoms. The Balaban J connectivity index is 1.74. The number of halogens is 1. The van der Waals surface area contributed by atoms with Crippen LogP contribution in [0.1, 0.15) is 23.0 Å². The first-order valence-electron chi connectivity index (χ1n) is 9.74. The quantitative estimate of drug-likeness (QED) is 0.305. The number of nitrogens with zero attached hydrogens (tertiary/aromatic N) is 2. The van der Waals surface area contributed by atoms with E-state index in [0.29, 0.717) is 29.2 Å². The van der Waals surface area contributed by atoms with Crippen molar-refractivity contribution in [1.82, 2.24) is 9.55 Å². The summed E-state index contributed by atoms with van der Waals surface area (Å²) < 4.78 is 34.7. The first-order chi connectivity index (χ1) is 15.3. The van der Waals surface area contributed by atoms with Crippen molar-refractivity contribution in [3.05, 3.63) is 95.3 Å². The number of hydrogen-bond acceptors (Lipinski definition) is 4. The summed E-state index contributed by atoms with van der Waals surface area (Å²) in [5, 5.41) is 0.148. The highest BCUT2D eigenvalue weighted by Gasteiger charge is 2.21. The Bertz CT molecular complexity index is 1400. The van der Waals surface area contributed by atoms with Gasteiger partial charge in [0.25, 0.3) is 10.1 Å². The molecule has 0 saturated carbocycles. The van der Waals surface area contributed by atoms with Crippen LogP contribution in [-0.4, -0.2) is 28.3 Å². The van der Waals surface area contributed by atoms with E-state index in [1.165, 1.54) is 13.0 Å². The lowest BCUT2D eigenvalue weighted by atomic mass is 10.0. The predicted octanol–water partition coefficient (Wildman–Crippen LogP) is 5.37. The number of hydrogen-bond donors (Lipinski definition) is 1. The van der Waals surface area contributed by atoms with Gasteiger partial charge in [-0.3, -0.25) is 9.35 Å². The number of benzene rings is 3. The summed E-state index contributed by atoms with van der Waals surface area (Å²) in [5.74, 6) is 0.393. The van der Waals surface area contributed by atoms with Crippen LogP contribution in [0, 0.1) is 0 Å². The van der Waals surface area contributed by atoms with Crippen LogP contribution in [0.2, 0.25) is 5.15 Å². The third kappa shape index (κ3) is 4.36. The third-order valence-electron chi connectivity index (χ3n) is 5.06. The van der Waals surface area contributed by atoms with Gasteiger partial charge in [0.2, 0.25) is 0 Å². The van der Waals surface area contributed by atoms with E-state index in [1.807, 2.05) is 42.5 Å². The highest BCUT2D eigenvalue weighted by Crippen LogP contribution is 2.29. The maximum atomic E-state index is 12.3. The Kier molecular flexibility index (Phi) is 5.97. The second kappa shape index (κ2) is 8.70.